The molecule has 0 spiro atoms. The maximum Gasteiger partial charge on any atom is 0.236 e. The molecule has 1 N–H and O–H groups in total. The molecular weight excluding hydrogens is 286 g/mol. The Labute approximate surface area is 127 Å². The van der Waals surface area contributed by atoms with Gasteiger partial charge in [-0.15, -0.1) is 0 Å². The van der Waals surface area contributed by atoms with Crippen LogP contribution in [-0.4, -0.2) is 57.8 Å². The molecule has 0 saturated carbocycles. The summed E-state index contributed by atoms with van der Waals surface area (Å²) in [4.78, 5) is 2.22. The lowest BCUT2D eigenvalue weighted by atomic mass is 10.1. The third-order valence-corrected chi connectivity index (χ3v) is 6.17. The van der Waals surface area contributed by atoms with E-state index in [4.69, 9.17) is 0 Å². The fourth-order valence-electron chi connectivity index (χ4n) is 3.24. The van der Waals surface area contributed by atoms with Crippen molar-refractivity contribution in [2.24, 2.45) is 0 Å². The number of piperazine rings is 1. The van der Waals surface area contributed by atoms with Crippen molar-refractivity contribution in [2.45, 2.75) is 19.4 Å². The minimum Gasteiger partial charge on any atom is -0.314 e. The van der Waals surface area contributed by atoms with E-state index in [1.807, 2.05) is 31.2 Å². The molecule has 2 aliphatic rings. The average Bonchev–Trinajstić information content (AvgIpc) is 2.83. The molecule has 0 aliphatic carbocycles. The highest BCUT2D eigenvalue weighted by Gasteiger charge is 2.34. The molecule has 2 heterocycles. The van der Waals surface area contributed by atoms with E-state index in [0.717, 1.165) is 43.9 Å². The van der Waals surface area contributed by atoms with Gasteiger partial charge >= 0.3 is 0 Å². The van der Waals surface area contributed by atoms with Gasteiger partial charge in [0.15, 0.2) is 0 Å². The first-order valence-electron chi connectivity index (χ1n) is 7.61. The zero-order chi connectivity index (χ0) is 14.9. The molecule has 6 heteroatoms. The van der Waals surface area contributed by atoms with E-state index in [2.05, 4.69) is 10.2 Å². The largest absolute Gasteiger partial charge is 0.314 e. The van der Waals surface area contributed by atoms with E-state index in [9.17, 15) is 8.42 Å². The number of fused-ring (bicyclic) bond motifs is 1. The van der Waals surface area contributed by atoms with Crippen molar-refractivity contribution >= 4 is 15.7 Å². The van der Waals surface area contributed by atoms with E-state index in [1.54, 1.807) is 4.31 Å². The summed E-state index contributed by atoms with van der Waals surface area (Å²) in [6, 6.07) is 7.85. The molecule has 1 aromatic carbocycles. The molecule has 1 aromatic rings. The lowest BCUT2D eigenvalue weighted by molar-refractivity contribution is 0.253. The van der Waals surface area contributed by atoms with Crippen LogP contribution in [0.4, 0.5) is 5.69 Å². The number of sulfonamides is 1. The number of rotatable bonds is 4. The van der Waals surface area contributed by atoms with Crippen molar-refractivity contribution in [3.05, 3.63) is 29.8 Å². The molecular formula is C15H23N3O2S. The SMILES string of the molecule is CC1Cc2ccccc2N1S(=O)(=O)CCN1CCNCC1. The van der Waals surface area contributed by atoms with Crippen LogP contribution in [0.3, 0.4) is 0 Å². The summed E-state index contributed by atoms with van der Waals surface area (Å²) in [6.07, 6.45) is 0.809. The highest BCUT2D eigenvalue weighted by Crippen LogP contribution is 2.34. The lowest BCUT2D eigenvalue weighted by Gasteiger charge is -2.29. The zero-order valence-corrected chi connectivity index (χ0v) is 13.3. The van der Waals surface area contributed by atoms with Crippen LogP contribution in [0.5, 0.6) is 0 Å². The standard InChI is InChI=1S/C15H23N3O2S/c1-13-12-14-4-2-3-5-15(14)18(13)21(19,20)11-10-17-8-6-16-7-9-17/h2-5,13,16H,6-12H2,1H3. The van der Waals surface area contributed by atoms with Gasteiger partial charge in [0.1, 0.15) is 0 Å². The first kappa shape index (κ1) is 14.8. The first-order chi connectivity index (χ1) is 10.1. The summed E-state index contributed by atoms with van der Waals surface area (Å²) in [6.45, 7) is 6.37. The average molecular weight is 309 g/mol. The molecule has 21 heavy (non-hydrogen) atoms. The highest BCUT2D eigenvalue weighted by atomic mass is 32.2. The summed E-state index contributed by atoms with van der Waals surface area (Å²) >= 11 is 0. The molecule has 3 rings (SSSR count). The van der Waals surface area contributed by atoms with Gasteiger partial charge in [-0.2, -0.15) is 0 Å². The Balaban J connectivity index is 1.72. The molecule has 0 radical (unpaired) electrons. The van der Waals surface area contributed by atoms with Crippen LogP contribution in [0, 0.1) is 0 Å². The number of hydrogen-bond acceptors (Lipinski definition) is 4. The molecule has 1 unspecified atom stereocenters. The van der Waals surface area contributed by atoms with E-state index in [1.165, 1.54) is 0 Å². The van der Waals surface area contributed by atoms with Gasteiger partial charge in [0.05, 0.1) is 11.4 Å². The second kappa shape index (κ2) is 5.94. The van der Waals surface area contributed by atoms with Gasteiger partial charge in [0.25, 0.3) is 0 Å². The van der Waals surface area contributed by atoms with Gasteiger partial charge in [-0.1, -0.05) is 18.2 Å². The number of para-hydroxylation sites is 1. The van der Waals surface area contributed by atoms with Crippen LogP contribution in [0.15, 0.2) is 24.3 Å². The van der Waals surface area contributed by atoms with Gasteiger partial charge in [-0.05, 0) is 25.0 Å². The maximum atomic E-state index is 12.7. The van der Waals surface area contributed by atoms with Gasteiger partial charge < -0.3 is 5.32 Å². The molecule has 0 bridgehead atoms. The van der Waals surface area contributed by atoms with Gasteiger partial charge in [0.2, 0.25) is 10.0 Å². The first-order valence-corrected chi connectivity index (χ1v) is 9.22. The van der Waals surface area contributed by atoms with Crippen LogP contribution in [0.1, 0.15) is 12.5 Å². The Bertz CT molecular complexity index is 597. The summed E-state index contributed by atoms with van der Waals surface area (Å²) in [7, 11) is -3.25. The van der Waals surface area contributed by atoms with E-state index in [-0.39, 0.29) is 11.8 Å². The smallest absolute Gasteiger partial charge is 0.236 e. The molecule has 1 saturated heterocycles. The second-order valence-electron chi connectivity index (χ2n) is 5.89. The van der Waals surface area contributed by atoms with E-state index >= 15 is 0 Å². The minimum atomic E-state index is -3.25. The van der Waals surface area contributed by atoms with Crippen LogP contribution >= 0.6 is 0 Å². The number of benzene rings is 1. The summed E-state index contributed by atoms with van der Waals surface area (Å²) < 4.78 is 27.1. The summed E-state index contributed by atoms with van der Waals surface area (Å²) in [5.41, 5.74) is 2.00. The molecule has 2 aliphatic heterocycles. The van der Waals surface area contributed by atoms with Gasteiger partial charge in [-0.25, -0.2) is 8.42 Å². The fourth-order valence-corrected chi connectivity index (χ4v) is 5.02. The highest BCUT2D eigenvalue weighted by molar-refractivity contribution is 7.92. The molecule has 116 valence electrons. The molecule has 1 atom stereocenters. The van der Waals surface area contributed by atoms with E-state index < -0.39 is 10.0 Å². The third kappa shape index (κ3) is 3.07. The van der Waals surface area contributed by atoms with E-state index in [0.29, 0.717) is 6.54 Å². The van der Waals surface area contributed by atoms with Crippen molar-refractivity contribution in [3.63, 3.8) is 0 Å². The Morgan fingerprint density at radius 3 is 2.71 bits per heavy atom. The Hall–Kier alpha value is -1.11. The van der Waals surface area contributed by atoms with Crippen LogP contribution in [-0.2, 0) is 16.4 Å². The topological polar surface area (TPSA) is 52.7 Å². The Morgan fingerprint density at radius 2 is 1.95 bits per heavy atom. The van der Waals surface area contributed by atoms with Crippen molar-refractivity contribution in [1.82, 2.24) is 10.2 Å². The van der Waals surface area contributed by atoms with Crippen molar-refractivity contribution in [3.8, 4) is 0 Å². The Morgan fingerprint density at radius 1 is 1.24 bits per heavy atom. The van der Waals surface area contributed by atoms with Crippen LogP contribution in [0.2, 0.25) is 0 Å². The van der Waals surface area contributed by atoms with Crippen molar-refractivity contribution in [2.75, 3.05) is 42.8 Å². The zero-order valence-electron chi connectivity index (χ0n) is 12.5. The number of hydrogen-bond donors (Lipinski definition) is 1. The molecule has 0 aromatic heterocycles. The Kier molecular flexibility index (Phi) is 4.19. The quantitative estimate of drug-likeness (QED) is 0.888. The number of anilines is 1. The summed E-state index contributed by atoms with van der Waals surface area (Å²) in [5, 5.41) is 3.29. The monoisotopic (exact) mass is 309 g/mol. The normalized spacial score (nSPS) is 23.3. The fraction of sp³-hybridized carbons (Fsp3) is 0.600. The molecule has 1 fully saturated rings. The van der Waals surface area contributed by atoms with Gasteiger partial charge in [-0.3, -0.25) is 9.21 Å². The molecule has 5 nitrogen and oxygen atoms in total. The maximum absolute atomic E-state index is 12.7. The predicted octanol–water partition coefficient (Wildman–Crippen LogP) is 0.673. The van der Waals surface area contributed by atoms with Gasteiger partial charge in [0, 0.05) is 38.8 Å². The van der Waals surface area contributed by atoms with Crippen molar-refractivity contribution < 1.29 is 8.42 Å². The summed E-state index contributed by atoms with van der Waals surface area (Å²) in [5.74, 6) is 0.200. The minimum absolute atomic E-state index is 0.0235. The van der Waals surface area contributed by atoms with Crippen molar-refractivity contribution in [1.29, 1.82) is 0 Å². The lowest BCUT2D eigenvalue weighted by Crippen LogP contribution is -2.47. The number of nitrogens with one attached hydrogen (secondary N) is 1. The predicted molar refractivity (Wildman–Crippen MR) is 85.2 cm³/mol. The van der Waals surface area contributed by atoms with Crippen LogP contribution in [0.25, 0.3) is 0 Å². The molecule has 0 amide bonds. The third-order valence-electron chi connectivity index (χ3n) is 4.32. The second-order valence-corrected chi connectivity index (χ2v) is 7.85. The number of nitrogens with zero attached hydrogens (tertiary/aromatic N) is 2. The van der Waals surface area contributed by atoms with Crippen LogP contribution < -0.4 is 9.62 Å².